The quantitative estimate of drug-likeness (QED) is 0.608. The highest BCUT2D eigenvalue weighted by Gasteiger charge is 2.25. The van der Waals surface area contributed by atoms with Gasteiger partial charge in [-0.1, -0.05) is 25.0 Å². The summed E-state index contributed by atoms with van der Waals surface area (Å²) in [4.78, 5) is 0. The number of benzene rings is 1. The molecule has 1 unspecified atom stereocenters. The van der Waals surface area contributed by atoms with E-state index in [-0.39, 0.29) is 6.04 Å². The first-order valence-electron chi connectivity index (χ1n) is 6.54. The van der Waals surface area contributed by atoms with E-state index in [9.17, 15) is 0 Å². The standard InChI is InChI=1S/C14H22N2O/c1-2-17-13-9-7-12(8-10-13)14(16-15)11-5-3-4-6-11/h7-11,14,16H,2-6,15H2,1H3. The summed E-state index contributed by atoms with van der Waals surface area (Å²) < 4.78 is 5.45. The summed E-state index contributed by atoms with van der Waals surface area (Å²) in [6, 6.07) is 8.57. The molecule has 1 fully saturated rings. The third-order valence-corrected chi connectivity index (χ3v) is 3.60. The Balaban J connectivity index is 2.07. The van der Waals surface area contributed by atoms with Crippen molar-refractivity contribution in [2.45, 2.75) is 38.6 Å². The number of hydrazine groups is 1. The third kappa shape index (κ3) is 2.99. The third-order valence-electron chi connectivity index (χ3n) is 3.60. The van der Waals surface area contributed by atoms with E-state index in [2.05, 4.69) is 17.6 Å². The summed E-state index contributed by atoms with van der Waals surface area (Å²) in [6.07, 6.45) is 5.23. The first-order chi connectivity index (χ1) is 8.35. The molecule has 94 valence electrons. The maximum atomic E-state index is 5.70. The number of hydrogen-bond acceptors (Lipinski definition) is 3. The van der Waals surface area contributed by atoms with Gasteiger partial charge in [0.15, 0.2) is 0 Å². The molecule has 0 amide bonds. The van der Waals surface area contributed by atoms with Crippen LogP contribution in [-0.2, 0) is 0 Å². The fourth-order valence-electron chi connectivity index (χ4n) is 2.73. The Morgan fingerprint density at radius 1 is 1.29 bits per heavy atom. The molecule has 1 aromatic rings. The smallest absolute Gasteiger partial charge is 0.119 e. The van der Waals surface area contributed by atoms with Crippen molar-refractivity contribution in [3.63, 3.8) is 0 Å². The molecule has 3 nitrogen and oxygen atoms in total. The summed E-state index contributed by atoms with van der Waals surface area (Å²) in [5, 5.41) is 0. The van der Waals surface area contributed by atoms with Crippen molar-refractivity contribution in [1.29, 1.82) is 0 Å². The van der Waals surface area contributed by atoms with Crippen LogP contribution in [0.25, 0.3) is 0 Å². The molecule has 0 aliphatic heterocycles. The second kappa shape index (κ2) is 6.03. The zero-order valence-electron chi connectivity index (χ0n) is 10.5. The zero-order valence-corrected chi connectivity index (χ0v) is 10.5. The van der Waals surface area contributed by atoms with Crippen molar-refractivity contribution in [1.82, 2.24) is 5.43 Å². The Bertz CT molecular complexity index is 331. The maximum absolute atomic E-state index is 5.70. The molecule has 0 aromatic heterocycles. The van der Waals surface area contributed by atoms with Crippen molar-refractivity contribution < 1.29 is 4.74 Å². The van der Waals surface area contributed by atoms with Gasteiger partial charge in [-0.2, -0.15) is 0 Å². The van der Waals surface area contributed by atoms with E-state index in [1.54, 1.807) is 0 Å². The molecule has 1 aromatic carbocycles. The van der Waals surface area contributed by atoms with Gasteiger partial charge < -0.3 is 4.74 Å². The summed E-state index contributed by atoms with van der Waals surface area (Å²) in [5.41, 5.74) is 4.24. The van der Waals surface area contributed by atoms with E-state index in [1.165, 1.54) is 31.2 Å². The minimum Gasteiger partial charge on any atom is -0.494 e. The molecule has 0 saturated heterocycles. The van der Waals surface area contributed by atoms with E-state index >= 15 is 0 Å². The highest BCUT2D eigenvalue weighted by Crippen LogP contribution is 2.35. The van der Waals surface area contributed by atoms with Crippen molar-refractivity contribution in [2.75, 3.05) is 6.61 Å². The number of nitrogens with one attached hydrogen (secondary N) is 1. The fraction of sp³-hybridized carbons (Fsp3) is 0.571. The predicted molar refractivity (Wildman–Crippen MR) is 69.6 cm³/mol. The van der Waals surface area contributed by atoms with Gasteiger partial charge in [0, 0.05) is 6.04 Å². The average molecular weight is 234 g/mol. The molecule has 2 rings (SSSR count). The van der Waals surface area contributed by atoms with Gasteiger partial charge in [0.1, 0.15) is 5.75 Å². The molecule has 0 bridgehead atoms. The molecule has 3 heteroatoms. The first kappa shape index (κ1) is 12.4. The van der Waals surface area contributed by atoms with Crippen LogP contribution in [0.4, 0.5) is 0 Å². The summed E-state index contributed by atoms with van der Waals surface area (Å²) in [5.74, 6) is 7.31. The van der Waals surface area contributed by atoms with Gasteiger partial charge in [-0.15, -0.1) is 0 Å². The second-order valence-electron chi connectivity index (χ2n) is 4.69. The van der Waals surface area contributed by atoms with E-state index in [1.807, 2.05) is 19.1 Å². The Morgan fingerprint density at radius 2 is 1.94 bits per heavy atom. The molecule has 0 spiro atoms. The van der Waals surface area contributed by atoms with Crippen molar-refractivity contribution in [2.24, 2.45) is 11.8 Å². The second-order valence-corrected chi connectivity index (χ2v) is 4.69. The molecule has 17 heavy (non-hydrogen) atoms. The van der Waals surface area contributed by atoms with Crippen LogP contribution in [0.1, 0.15) is 44.2 Å². The van der Waals surface area contributed by atoms with Crippen LogP contribution >= 0.6 is 0 Å². The average Bonchev–Trinajstić information content (AvgIpc) is 2.86. The van der Waals surface area contributed by atoms with E-state index in [0.717, 1.165) is 5.75 Å². The summed E-state index contributed by atoms with van der Waals surface area (Å²) >= 11 is 0. The van der Waals surface area contributed by atoms with Crippen LogP contribution in [0.15, 0.2) is 24.3 Å². The topological polar surface area (TPSA) is 47.3 Å². The van der Waals surface area contributed by atoms with Crippen LogP contribution in [0, 0.1) is 5.92 Å². The predicted octanol–water partition coefficient (Wildman–Crippen LogP) is 2.78. The van der Waals surface area contributed by atoms with Gasteiger partial charge >= 0.3 is 0 Å². The van der Waals surface area contributed by atoms with Crippen LogP contribution in [-0.4, -0.2) is 6.61 Å². The fourth-order valence-corrected chi connectivity index (χ4v) is 2.73. The lowest BCUT2D eigenvalue weighted by Gasteiger charge is -2.23. The van der Waals surface area contributed by atoms with Gasteiger partial charge in [-0.25, -0.2) is 0 Å². The van der Waals surface area contributed by atoms with Gasteiger partial charge in [0.25, 0.3) is 0 Å². The Labute approximate surface area is 103 Å². The SMILES string of the molecule is CCOc1ccc(C(NN)C2CCCC2)cc1. The zero-order chi connectivity index (χ0) is 12.1. The number of hydrogen-bond donors (Lipinski definition) is 2. The number of nitrogens with two attached hydrogens (primary N) is 1. The highest BCUT2D eigenvalue weighted by molar-refractivity contribution is 5.29. The van der Waals surface area contributed by atoms with E-state index in [4.69, 9.17) is 10.6 Å². The molecule has 0 heterocycles. The van der Waals surface area contributed by atoms with Crippen LogP contribution in [0.3, 0.4) is 0 Å². The van der Waals surface area contributed by atoms with Gasteiger partial charge in [-0.05, 0) is 43.4 Å². The number of rotatable bonds is 5. The molecule has 0 radical (unpaired) electrons. The lowest BCUT2D eigenvalue weighted by molar-refractivity contribution is 0.339. The first-order valence-corrected chi connectivity index (χ1v) is 6.54. The molecule has 1 aliphatic carbocycles. The van der Waals surface area contributed by atoms with Crippen LogP contribution in [0.2, 0.25) is 0 Å². The minimum atomic E-state index is 0.285. The Morgan fingerprint density at radius 3 is 2.47 bits per heavy atom. The molecule has 1 saturated carbocycles. The normalized spacial score (nSPS) is 18.2. The van der Waals surface area contributed by atoms with E-state index in [0.29, 0.717) is 12.5 Å². The van der Waals surface area contributed by atoms with Crippen molar-refractivity contribution >= 4 is 0 Å². The van der Waals surface area contributed by atoms with Crippen LogP contribution < -0.4 is 16.0 Å². The Kier molecular flexibility index (Phi) is 4.40. The molecule has 1 atom stereocenters. The molecule has 1 aliphatic rings. The monoisotopic (exact) mass is 234 g/mol. The minimum absolute atomic E-state index is 0.285. The number of ether oxygens (including phenoxy) is 1. The van der Waals surface area contributed by atoms with Gasteiger partial charge in [0.05, 0.1) is 6.61 Å². The van der Waals surface area contributed by atoms with Gasteiger partial charge in [-0.3, -0.25) is 11.3 Å². The van der Waals surface area contributed by atoms with E-state index < -0.39 is 0 Å². The summed E-state index contributed by atoms with van der Waals surface area (Å²) in [6.45, 7) is 2.71. The molecule has 3 N–H and O–H groups in total. The Hall–Kier alpha value is -1.06. The lowest BCUT2D eigenvalue weighted by Crippen LogP contribution is -2.32. The van der Waals surface area contributed by atoms with Gasteiger partial charge in [0.2, 0.25) is 0 Å². The largest absolute Gasteiger partial charge is 0.494 e. The van der Waals surface area contributed by atoms with Crippen molar-refractivity contribution in [3.8, 4) is 5.75 Å². The lowest BCUT2D eigenvalue weighted by atomic mass is 9.92. The molecular formula is C14H22N2O. The molecular weight excluding hydrogens is 212 g/mol. The highest BCUT2D eigenvalue weighted by atomic mass is 16.5. The van der Waals surface area contributed by atoms with Crippen LogP contribution in [0.5, 0.6) is 5.75 Å². The van der Waals surface area contributed by atoms with Crippen molar-refractivity contribution in [3.05, 3.63) is 29.8 Å². The summed E-state index contributed by atoms with van der Waals surface area (Å²) in [7, 11) is 0. The maximum Gasteiger partial charge on any atom is 0.119 e.